The van der Waals surface area contributed by atoms with E-state index in [2.05, 4.69) is 10.3 Å². The largest absolute Gasteiger partial charge is 0.327 e. The summed E-state index contributed by atoms with van der Waals surface area (Å²) in [6.07, 6.45) is 1.49. The van der Waals surface area contributed by atoms with Crippen molar-refractivity contribution in [3.05, 3.63) is 47.8 Å². The predicted molar refractivity (Wildman–Crippen MR) is 117 cm³/mol. The summed E-state index contributed by atoms with van der Waals surface area (Å²) in [6, 6.07) is 9.76. The van der Waals surface area contributed by atoms with Crippen LogP contribution in [0.3, 0.4) is 0 Å². The van der Waals surface area contributed by atoms with E-state index in [1.54, 1.807) is 6.07 Å². The fourth-order valence-electron chi connectivity index (χ4n) is 2.99. The molecule has 3 N–H and O–H groups in total. The summed E-state index contributed by atoms with van der Waals surface area (Å²) in [4.78, 5) is 16.8. The van der Waals surface area contributed by atoms with E-state index in [0.717, 1.165) is 23.1 Å². The molecule has 1 atom stereocenters. The molecule has 1 unspecified atom stereocenters. The van der Waals surface area contributed by atoms with Gasteiger partial charge in [0, 0.05) is 24.4 Å². The van der Waals surface area contributed by atoms with E-state index in [9.17, 15) is 9.18 Å². The maximum Gasteiger partial charge on any atom is 0.241 e. The van der Waals surface area contributed by atoms with Gasteiger partial charge in [0.15, 0.2) is 0 Å². The summed E-state index contributed by atoms with van der Waals surface area (Å²) in [5.41, 5.74) is 9.83. The molecule has 1 heterocycles. The summed E-state index contributed by atoms with van der Waals surface area (Å²) in [5, 5.41) is 2.91. The Balaban J connectivity index is 0.00000196. The Morgan fingerprint density at radius 2 is 1.96 bits per heavy atom. The van der Waals surface area contributed by atoms with E-state index >= 15 is 0 Å². The molecule has 0 saturated carbocycles. The SMILES string of the molecule is CCCC(N)C(=O)Nc1cc(-c2nc3cc(F)ccc3n2C)ccc1C.Cl.Cl. The number of nitrogens with two attached hydrogens (primary N) is 1. The highest BCUT2D eigenvalue weighted by Gasteiger charge is 2.16. The number of benzene rings is 2. The minimum Gasteiger partial charge on any atom is -0.327 e. The van der Waals surface area contributed by atoms with Crippen molar-refractivity contribution in [1.29, 1.82) is 0 Å². The monoisotopic (exact) mass is 426 g/mol. The van der Waals surface area contributed by atoms with Crippen molar-refractivity contribution in [1.82, 2.24) is 9.55 Å². The smallest absolute Gasteiger partial charge is 0.241 e. The highest BCUT2D eigenvalue weighted by atomic mass is 35.5. The minimum absolute atomic E-state index is 0. The Bertz CT molecular complexity index is 974. The van der Waals surface area contributed by atoms with Crippen LogP contribution in [0.4, 0.5) is 10.1 Å². The molecule has 3 rings (SSSR count). The molecule has 0 fully saturated rings. The number of amides is 1. The number of fused-ring (bicyclic) bond motifs is 1. The van der Waals surface area contributed by atoms with Gasteiger partial charge in [0.05, 0.1) is 17.1 Å². The Morgan fingerprint density at radius 3 is 2.64 bits per heavy atom. The van der Waals surface area contributed by atoms with Crippen LogP contribution in [0.1, 0.15) is 25.3 Å². The molecule has 8 heteroatoms. The molecule has 1 amide bonds. The first-order valence-corrected chi connectivity index (χ1v) is 8.70. The van der Waals surface area contributed by atoms with Crippen LogP contribution in [0.15, 0.2) is 36.4 Å². The number of hydrogen-bond donors (Lipinski definition) is 2. The van der Waals surface area contributed by atoms with Gasteiger partial charge in [-0.25, -0.2) is 9.37 Å². The fraction of sp³-hybridized carbons (Fsp3) is 0.300. The van der Waals surface area contributed by atoms with Crippen LogP contribution in [0, 0.1) is 12.7 Å². The number of nitrogens with one attached hydrogen (secondary N) is 1. The normalized spacial score (nSPS) is 11.5. The summed E-state index contributed by atoms with van der Waals surface area (Å²) in [7, 11) is 1.89. The molecule has 0 aliphatic rings. The van der Waals surface area contributed by atoms with Gasteiger partial charge >= 0.3 is 0 Å². The summed E-state index contributed by atoms with van der Waals surface area (Å²) >= 11 is 0. The maximum atomic E-state index is 13.5. The first-order valence-electron chi connectivity index (χ1n) is 8.70. The third kappa shape index (κ3) is 4.82. The average Bonchev–Trinajstić information content (AvgIpc) is 2.93. The quantitative estimate of drug-likeness (QED) is 0.625. The third-order valence-electron chi connectivity index (χ3n) is 4.53. The van der Waals surface area contributed by atoms with E-state index in [0.29, 0.717) is 23.4 Å². The summed E-state index contributed by atoms with van der Waals surface area (Å²) in [5.74, 6) is 0.196. The lowest BCUT2D eigenvalue weighted by atomic mass is 10.1. The molecule has 0 bridgehead atoms. The number of imidazole rings is 1. The molecule has 0 aliphatic heterocycles. The van der Waals surface area contributed by atoms with E-state index in [-0.39, 0.29) is 36.5 Å². The average molecular weight is 427 g/mol. The zero-order valence-corrected chi connectivity index (χ0v) is 17.7. The summed E-state index contributed by atoms with van der Waals surface area (Å²) in [6.45, 7) is 3.92. The van der Waals surface area contributed by atoms with E-state index in [1.165, 1.54) is 12.1 Å². The van der Waals surface area contributed by atoms with Crippen LogP contribution in [0.2, 0.25) is 0 Å². The lowest BCUT2D eigenvalue weighted by Gasteiger charge is -2.14. The Labute approximate surface area is 176 Å². The molecule has 5 nitrogen and oxygen atoms in total. The van der Waals surface area contributed by atoms with Crippen molar-refractivity contribution >= 4 is 47.4 Å². The van der Waals surface area contributed by atoms with Crippen LogP contribution in [0.25, 0.3) is 22.4 Å². The number of hydrogen-bond acceptors (Lipinski definition) is 3. The van der Waals surface area contributed by atoms with Crippen LogP contribution >= 0.6 is 24.8 Å². The van der Waals surface area contributed by atoms with E-state index in [4.69, 9.17) is 5.73 Å². The molecule has 28 heavy (non-hydrogen) atoms. The Morgan fingerprint density at radius 1 is 1.25 bits per heavy atom. The number of anilines is 1. The fourth-order valence-corrected chi connectivity index (χ4v) is 2.99. The first kappa shape index (κ1) is 23.9. The highest BCUT2D eigenvalue weighted by Crippen LogP contribution is 2.28. The maximum absolute atomic E-state index is 13.5. The lowest BCUT2D eigenvalue weighted by molar-refractivity contribution is -0.117. The topological polar surface area (TPSA) is 72.9 Å². The van der Waals surface area contributed by atoms with Gasteiger partial charge in [-0.15, -0.1) is 24.8 Å². The van der Waals surface area contributed by atoms with Crippen LogP contribution < -0.4 is 11.1 Å². The lowest BCUT2D eigenvalue weighted by Crippen LogP contribution is -2.35. The van der Waals surface area contributed by atoms with Crippen LogP contribution in [0.5, 0.6) is 0 Å². The molecule has 3 aromatic rings. The number of halogens is 3. The van der Waals surface area contributed by atoms with E-state index < -0.39 is 6.04 Å². The number of carbonyl (C=O) groups excluding carboxylic acids is 1. The van der Waals surface area contributed by atoms with Crippen molar-refractivity contribution in [2.24, 2.45) is 12.8 Å². The molecular formula is C20H25Cl2FN4O. The Hall–Kier alpha value is -2.15. The third-order valence-corrected chi connectivity index (χ3v) is 4.53. The molecular weight excluding hydrogens is 402 g/mol. The molecule has 1 aromatic heterocycles. The highest BCUT2D eigenvalue weighted by molar-refractivity contribution is 5.96. The number of aromatic nitrogens is 2. The number of carbonyl (C=O) groups is 1. The van der Waals surface area contributed by atoms with Gasteiger partial charge in [0.25, 0.3) is 0 Å². The number of rotatable bonds is 5. The van der Waals surface area contributed by atoms with Gasteiger partial charge in [0.1, 0.15) is 11.6 Å². The number of aryl methyl sites for hydroxylation is 2. The second-order valence-electron chi connectivity index (χ2n) is 6.54. The van der Waals surface area contributed by atoms with Crippen molar-refractivity contribution < 1.29 is 9.18 Å². The molecule has 0 saturated heterocycles. The van der Waals surface area contributed by atoms with Crippen molar-refractivity contribution in [2.45, 2.75) is 32.7 Å². The van der Waals surface area contributed by atoms with Gasteiger partial charge in [0.2, 0.25) is 5.91 Å². The second kappa shape index (κ2) is 9.87. The van der Waals surface area contributed by atoms with Crippen LogP contribution in [-0.4, -0.2) is 21.5 Å². The molecule has 0 spiro atoms. The van der Waals surface area contributed by atoms with Crippen molar-refractivity contribution in [3.8, 4) is 11.4 Å². The van der Waals surface area contributed by atoms with Crippen LogP contribution in [-0.2, 0) is 11.8 Å². The standard InChI is InChI=1S/C20H23FN4O.2ClH/c1-4-5-15(22)20(26)24-16-10-13(7-6-12(16)2)19-23-17-11-14(21)8-9-18(17)25(19)3;;/h6-11,15H,4-5,22H2,1-3H3,(H,24,26);2*1H. The van der Waals surface area contributed by atoms with Gasteiger partial charge in [-0.2, -0.15) is 0 Å². The van der Waals surface area contributed by atoms with E-state index in [1.807, 2.05) is 43.7 Å². The van der Waals surface area contributed by atoms with Gasteiger partial charge in [-0.05, 0) is 37.1 Å². The van der Waals surface area contributed by atoms with Gasteiger partial charge < -0.3 is 15.6 Å². The Kier molecular flexibility index (Phi) is 8.42. The zero-order chi connectivity index (χ0) is 18.8. The summed E-state index contributed by atoms with van der Waals surface area (Å²) < 4.78 is 15.4. The first-order chi connectivity index (χ1) is 12.4. The molecule has 2 aromatic carbocycles. The predicted octanol–water partition coefficient (Wildman–Crippen LogP) is 4.60. The van der Waals surface area contributed by atoms with Crippen molar-refractivity contribution in [3.63, 3.8) is 0 Å². The second-order valence-corrected chi connectivity index (χ2v) is 6.54. The van der Waals surface area contributed by atoms with Gasteiger partial charge in [-0.1, -0.05) is 25.5 Å². The molecule has 0 aliphatic carbocycles. The van der Waals surface area contributed by atoms with Crippen molar-refractivity contribution in [2.75, 3.05) is 5.32 Å². The number of nitrogens with zero attached hydrogens (tertiary/aromatic N) is 2. The molecule has 0 radical (unpaired) electrons. The molecule has 152 valence electrons. The van der Waals surface area contributed by atoms with Gasteiger partial charge in [-0.3, -0.25) is 4.79 Å². The minimum atomic E-state index is -0.526. The zero-order valence-electron chi connectivity index (χ0n) is 16.0.